The van der Waals surface area contributed by atoms with E-state index in [4.69, 9.17) is 14.9 Å². The number of esters is 1. The van der Waals surface area contributed by atoms with Crippen LogP contribution in [-0.4, -0.2) is 27.5 Å². The minimum atomic E-state index is -0.853. The first kappa shape index (κ1) is 24.1. The molecule has 0 atom stereocenters. The molecule has 4 rings (SSSR count). The minimum absolute atomic E-state index is 0.000831. The molecule has 0 spiro atoms. The number of carbonyl (C=O) groups excluding carboxylic acids is 2. The number of para-hydroxylation sites is 1. The third-order valence-corrected chi connectivity index (χ3v) is 6.59. The Balaban J connectivity index is 1.54. The molecule has 0 unspecified atom stereocenters. The van der Waals surface area contributed by atoms with Gasteiger partial charge in [0, 0.05) is 36.6 Å². The molecule has 2 heterocycles. The van der Waals surface area contributed by atoms with Crippen molar-refractivity contribution in [1.82, 2.24) is 9.13 Å². The smallest absolute Gasteiger partial charge is 0.375 e. The summed E-state index contributed by atoms with van der Waals surface area (Å²) in [5.74, 6) is -0.712. The molecule has 9 nitrogen and oxygen atoms in total. The van der Waals surface area contributed by atoms with E-state index in [0.29, 0.717) is 16.9 Å². The van der Waals surface area contributed by atoms with Gasteiger partial charge in [0.1, 0.15) is 17.0 Å². The standard InChI is InChI=1S/C25H23N3O6S/c1-27-22(26)20(23(30)28(2)25(27)32)18(29)12-33-24(31)21-17(16-10-6-7-11-19(16)34-21)14-35-13-15-8-4-3-5-9-15/h3-11H,12-14,26H2,1-2H3. The van der Waals surface area contributed by atoms with Gasteiger partial charge in [0.25, 0.3) is 5.56 Å². The van der Waals surface area contributed by atoms with Crippen LogP contribution in [0.25, 0.3) is 11.0 Å². The van der Waals surface area contributed by atoms with Crippen LogP contribution >= 0.6 is 11.8 Å². The number of furan rings is 1. The monoisotopic (exact) mass is 493 g/mol. The first-order chi connectivity index (χ1) is 16.8. The highest BCUT2D eigenvalue weighted by Gasteiger charge is 2.25. The molecule has 0 aliphatic carbocycles. The lowest BCUT2D eigenvalue weighted by atomic mass is 10.1. The number of carbonyl (C=O) groups is 2. The number of anilines is 1. The van der Waals surface area contributed by atoms with Crippen molar-refractivity contribution in [2.24, 2.45) is 14.1 Å². The van der Waals surface area contributed by atoms with Crippen LogP contribution in [0.1, 0.15) is 32.0 Å². The van der Waals surface area contributed by atoms with Crippen LogP contribution in [-0.2, 0) is 30.3 Å². The lowest BCUT2D eigenvalue weighted by Gasteiger charge is -2.11. The van der Waals surface area contributed by atoms with E-state index in [1.165, 1.54) is 14.1 Å². The highest BCUT2D eigenvalue weighted by molar-refractivity contribution is 7.97. The van der Waals surface area contributed by atoms with E-state index in [1.807, 2.05) is 42.5 Å². The number of thioether (sulfide) groups is 1. The topological polar surface area (TPSA) is 127 Å². The Morgan fingerprint density at radius 2 is 1.66 bits per heavy atom. The van der Waals surface area contributed by atoms with E-state index in [1.54, 1.807) is 23.9 Å². The Morgan fingerprint density at radius 1 is 0.971 bits per heavy atom. The molecular weight excluding hydrogens is 470 g/mol. The molecule has 0 aliphatic rings. The van der Waals surface area contributed by atoms with E-state index >= 15 is 0 Å². The summed E-state index contributed by atoms with van der Waals surface area (Å²) < 4.78 is 12.7. The number of hydrogen-bond donors (Lipinski definition) is 1. The molecule has 180 valence electrons. The lowest BCUT2D eigenvalue weighted by Crippen LogP contribution is -2.42. The maximum atomic E-state index is 12.9. The summed E-state index contributed by atoms with van der Waals surface area (Å²) in [5, 5.41) is 0.780. The summed E-state index contributed by atoms with van der Waals surface area (Å²) in [6.45, 7) is -0.732. The average molecular weight is 494 g/mol. The number of Topliss-reactive ketones (excluding diaryl/α,β-unsaturated/α-hetero) is 1. The molecule has 0 saturated carbocycles. The van der Waals surface area contributed by atoms with Crippen LogP contribution in [0.3, 0.4) is 0 Å². The molecule has 2 aromatic carbocycles. The molecule has 2 N–H and O–H groups in total. The van der Waals surface area contributed by atoms with E-state index in [9.17, 15) is 19.2 Å². The van der Waals surface area contributed by atoms with E-state index in [-0.39, 0.29) is 11.6 Å². The molecule has 0 bridgehead atoms. The summed E-state index contributed by atoms with van der Waals surface area (Å²) >= 11 is 1.61. The number of ether oxygens (including phenoxy) is 1. The SMILES string of the molecule is Cn1c(N)c(C(=O)COC(=O)c2oc3ccccc3c2CSCc2ccccc2)c(=O)n(C)c1=O. The fourth-order valence-corrected chi connectivity index (χ4v) is 4.66. The van der Waals surface area contributed by atoms with Crippen molar-refractivity contribution >= 4 is 40.3 Å². The molecule has 4 aromatic rings. The lowest BCUT2D eigenvalue weighted by molar-refractivity contribution is 0.0444. The van der Waals surface area contributed by atoms with Crippen LogP contribution in [0.2, 0.25) is 0 Å². The summed E-state index contributed by atoms with van der Waals surface area (Å²) in [6.07, 6.45) is 0. The fourth-order valence-electron chi connectivity index (χ4n) is 3.64. The van der Waals surface area contributed by atoms with Crippen molar-refractivity contribution in [1.29, 1.82) is 0 Å². The Hall–Kier alpha value is -4.05. The summed E-state index contributed by atoms with van der Waals surface area (Å²) in [6, 6.07) is 17.2. The van der Waals surface area contributed by atoms with Gasteiger partial charge in [0.15, 0.2) is 6.61 Å². The zero-order valence-corrected chi connectivity index (χ0v) is 20.0. The molecule has 0 saturated heterocycles. The van der Waals surface area contributed by atoms with Crippen molar-refractivity contribution in [2.75, 3.05) is 12.3 Å². The first-order valence-corrected chi connectivity index (χ1v) is 11.8. The Morgan fingerprint density at radius 3 is 2.40 bits per heavy atom. The quantitative estimate of drug-likeness (QED) is 0.293. The van der Waals surface area contributed by atoms with Gasteiger partial charge in [0.2, 0.25) is 11.5 Å². The maximum Gasteiger partial charge on any atom is 0.375 e. The second kappa shape index (κ2) is 10.1. The largest absolute Gasteiger partial charge is 0.451 e. The maximum absolute atomic E-state index is 12.9. The molecule has 0 radical (unpaired) electrons. The second-order valence-electron chi connectivity index (χ2n) is 7.85. The highest BCUT2D eigenvalue weighted by Crippen LogP contribution is 2.31. The van der Waals surface area contributed by atoms with Gasteiger partial charge in [-0.1, -0.05) is 48.5 Å². The summed E-state index contributed by atoms with van der Waals surface area (Å²) in [4.78, 5) is 50.0. The number of ketones is 1. The van der Waals surface area contributed by atoms with Gasteiger partial charge in [-0.3, -0.25) is 18.7 Å². The molecule has 0 fully saturated rings. The van der Waals surface area contributed by atoms with Crippen molar-refractivity contribution in [3.63, 3.8) is 0 Å². The predicted octanol–water partition coefficient (Wildman–Crippen LogP) is 2.89. The number of fused-ring (bicyclic) bond motifs is 1. The second-order valence-corrected chi connectivity index (χ2v) is 8.84. The molecular formula is C25H23N3O6S. The van der Waals surface area contributed by atoms with Gasteiger partial charge in [-0.2, -0.15) is 11.8 Å². The zero-order chi connectivity index (χ0) is 25.1. The minimum Gasteiger partial charge on any atom is -0.451 e. The van der Waals surface area contributed by atoms with Gasteiger partial charge in [0.05, 0.1) is 0 Å². The highest BCUT2D eigenvalue weighted by atomic mass is 32.2. The molecule has 10 heteroatoms. The Kier molecular flexibility index (Phi) is 6.92. The average Bonchev–Trinajstić information content (AvgIpc) is 3.24. The number of benzene rings is 2. The van der Waals surface area contributed by atoms with Crippen LogP contribution in [0, 0.1) is 0 Å². The van der Waals surface area contributed by atoms with Crippen molar-refractivity contribution < 1.29 is 18.7 Å². The van der Waals surface area contributed by atoms with Crippen LogP contribution in [0.5, 0.6) is 0 Å². The number of rotatable bonds is 8. The third-order valence-electron chi connectivity index (χ3n) is 5.56. The Bertz CT molecular complexity index is 1530. The van der Waals surface area contributed by atoms with E-state index in [0.717, 1.165) is 25.8 Å². The number of aromatic nitrogens is 2. The van der Waals surface area contributed by atoms with Gasteiger partial charge in [-0.05, 0) is 11.6 Å². The zero-order valence-electron chi connectivity index (χ0n) is 19.1. The fraction of sp³-hybridized carbons (Fsp3) is 0.200. The van der Waals surface area contributed by atoms with Gasteiger partial charge >= 0.3 is 11.7 Å². The van der Waals surface area contributed by atoms with E-state index < -0.39 is 35.2 Å². The first-order valence-electron chi connectivity index (χ1n) is 10.7. The van der Waals surface area contributed by atoms with Gasteiger partial charge in [-0.15, -0.1) is 0 Å². The van der Waals surface area contributed by atoms with Crippen LogP contribution in [0.15, 0.2) is 68.6 Å². The summed E-state index contributed by atoms with van der Waals surface area (Å²) in [7, 11) is 2.58. The molecule has 0 aliphatic heterocycles. The molecule has 2 aromatic heterocycles. The number of hydrogen-bond acceptors (Lipinski definition) is 8. The molecule has 0 amide bonds. The van der Waals surface area contributed by atoms with Gasteiger partial charge in [-0.25, -0.2) is 9.59 Å². The van der Waals surface area contributed by atoms with E-state index in [2.05, 4.69) is 0 Å². The third kappa shape index (κ3) is 4.78. The number of nitrogens with zero attached hydrogens (tertiary/aromatic N) is 2. The van der Waals surface area contributed by atoms with Crippen molar-refractivity contribution in [3.8, 4) is 0 Å². The predicted molar refractivity (Wildman–Crippen MR) is 134 cm³/mol. The number of nitrogen functional groups attached to an aromatic ring is 1. The van der Waals surface area contributed by atoms with Crippen molar-refractivity contribution in [3.05, 3.63) is 97.9 Å². The summed E-state index contributed by atoms with van der Waals surface area (Å²) in [5.41, 5.74) is 6.22. The normalized spacial score (nSPS) is 11.0. The van der Waals surface area contributed by atoms with Gasteiger partial charge < -0.3 is 14.9 Å². The van der Waals surface area contributed by atoms with Crippen molar-refractivity contribution in [2.45, 2.75) is 11.5 Å². The Labute approximate surface area is 204 Å². The van der Waals surface area contributed by atoms with Crippen LogP contribution in [0.4, 0.5) is 5.82 Å². The molecule has 35 heavy (non-hydrogen) atoms. The number of nitrogens with two attached hydrogens (primary N) is 1. The van der Waals surface area contributed by atoms with Crippen LogP contribution < -0.4 is 17.0 Å².